The predicted octanol–water partition coefficient (Wildman–Crippen LogP) is 4.45. The van der Waals surface area contributed by atoms with Gasteiger partial charge < -0.3 is 9.47 Å². The second kappa shape index (κ2) is 6.57. The number of hydrogen-bond donors (Lipinski definition) is 0. The van der Waals surface area contributed by atoms with Gasteiger partial charge in [-0.3, -0.25) is 4.98 Å². The highest BCUT2D eigenvalue weighted by Gasteiger charge is 2.00. The third-order valence-corrected chi connectivity index (χ3v) is 2.92. The Balaban J connectivity index is 1.66. The summed E-state index contributed by atoms with van der Waals surface area (Å²) >= 11 is 0. The van der Waals surface area contributed by atoms with Gasteiger partial charge in [-0.2, -0.15) is 0 Å². The van der Waals surface area contributed by atoms with E-state index in [1.807, 2.05) is 66.7 Å². The molecule has 0 unspecified atom stereocenters. The minimum Gasteiger partial charge on any atom is -0.489 e. The molecule has 0 saturated heterocycles. The molecule has 0 radical (unpaired) electrons. The quantitative estimate of drug-likeness (QED) is 0.690. The van der Waals surface area contributed by atoms with Gasteiger partial charge in [-0.1, -0.05) is 36.4 Å². The van der Waals surface area contributed by atoms with Crippen molar-refractivity contribution in [2.75, 3.05) is 0 Å². The molecule has 0 saturated carbocycles. The number of benzene rings is 2. The molecule has 3 heteroatoms. The van der Waals surface area contributed by atoms with Gasteiger partial charge in [0.1, 0.15) is 23.9 Å². The molecule has 1 heterocycles. The number of aromatic nitrogens is 1. The van der Waals surface area contributed by atoms with Crippen LogP contribution in [-0.2, 0) is 6.61 Å². The highest BCUT2D eigenvalue weighted by atomic mass is 16.5. The first kappa shape index (κ1) is 13.2. The van der Waals surface area contributed by atoms with Crippen molar-refractivity contribution < 1.29 is 9.47 Å². The van der Waals surface area contributed by atoms with E-state index < -0.39 is 0 Å². The molecule has 0 aliphatic heterocycles. The third-order valence-electron chi connectivity index (χ3n) is 2.92. The van der Waals surface area contributed by atoms with Crippen molar-refractivity contribution in [3.8, 4) is 17.2 Å². The summed E-state index contributed by atoms with van der Waals surface area (Å²) < 4.78 is 11.5. The first-order valence-corrected chi connectivity index (χ1v) is 6.75. The Morgan fingerprint density at radius 3 is 2.38 bits per heavy atom. The van der Waals surface area contributed by atoms with E-state index in [2.05, 4.69) is 4.98 Å². The van der Waals surface area contributed by atoms with Crippen LogP contribution in [0.5, 0.6) is 17.2 Å². The van der Waals surface area contributed by atoms with E-state index in [1.54, 1.807) is 12.4 Å². The number of pyridine rings is 1. The molecule has 0 amide bonds. The topological polar surface area (TPSA) is 31.4 Å². The molecule has 0 aliphatic rings. The molecule has 3 aromatic rings. The van der Waals surface area contributed by atoms with E-state index in [0.717, 1.165) is 17.1 Å². The van der Waals surface area contributed by atoms with E-state index in [9.17, 15) is 0 Å². The van der Waals surface area contributed by atoms with Crippen molar-refractivity contribution >= 4 is 0 Å². The largest absolute Gasteiger partial charge is 0.489 e. The fraction of sp³-hybridized carbons (Fsp3) is 0.0556. The minimum atomic E-state index is 0.539. The van der Waals surface area contributed by atoms with Gasteiger partial charge in [0.05, 0.1) is 6.20 Å². The molecule has 3 nitrogen and oxygen atoms in total. The van der Waals surface area contributed by atoms with Crippen LogP contribution in [0.25, 0.3) is 0 Å². The lowest BCUT2D eigenvalue weighted by atomic mass is 10.2. The van der Waals surface area contributed by atoms with Gasteiger partial charge in [-0.25, -0.2) is 0 Å². The number of rotatable bonds is 5. The van der Waals surface area contributed by atoms with E-state index in [0.29, 0.717) is 12.4 Å². The maximum atomic E-state index is 5.77. The molecule has 0 bridgehead atoms. The van der Waals surface area contributed by atoms with E-state index >= 15 is 0 Å². The third kappa shape index (κ3) is 3.83. The Bertz CT molecular complexity index is 684. The van der Waals surface area contributed by atoms with Crippen LogP contribution in [0.1, 0.15) is 5.56 Å². The lowest BCUT2D eigenvalue weighted by Crippen LogP contribution is -1.95. The zero-order valence-electron chi connectivity index (χ0n) is 11.5. The monoisotopic (exact) mass is 277 g/mol. The molecule has 0 atom stereocenters. The number of nitrogens with zero attached hydrogens (tertiary/aromatic N) is 1. The minimum absolute atomic E-state index is 0.539. The fourth-order valence-corrected chi connectivity index (χ4v) is 1.91. The summed E-state index contributed by atoms with van der Waals surface area (Å²) in [6.07, 6.45) is 3.39. The van der Waals surface area contributed by atoms with Crippen LogP contribution in [0.15, 0.2) is 79.1 Å². The van der Waals surface area contributed by atoms with Crippen LogP contribution in [0, 0.1) is 0 Å². The zero-order chi connectivity index (χ0) is 14.3. The Kier molecular flexibility index (Phi) is 4.12. The SMILES string of the molecule is c1ccc(COc2cccc(Oc3cccnc3)c2)cc1. The highest BCUT2D eigenvalue weighted by molar-refractivity contribution is 5.36. The lowest BCUT2D eigenvalue weighted by Gasteiger charge is -2.09. The van der Waals surface area contributed by atoms with E-state index in [1.165, 1.54) is 0 Å². The molecule has 21 heavy (non-hydrogen) atoms. The van der Waals surface area contributed by atoms with E-state index in [4.69, 9.17) is 9.47 Å². The number of hydrogen-bond acceptors (Lipinski definition) is 3. The average molecular weight is 277 g/mol. The first-order chi connectivity index (χ1) is 10.4. The Morgan fingerprint density at radius 2 is 1.57 bits per heavy atom. The summed E-state index contributed by atoms with van der Waals surface area (Å²) in [6, 6.07) is 21.4. The summed E-state index contributed by atoms with van der Waals surface area (Å²) in [6.45, 7) is 0.539. The first-order valence-electron chi connectivity index (χ1n) is 6.75. The number of ether oxygens (including phenoxy) is 2. The summed E-state index contributed by atoms with van der Waals surface area (Å²) in [4.78, 5) is 4.02. The summed E-state index contributed by atoms with van der Waals surface area (Å²) in [5, 5.41) is 0. The van der Waals surface area contributed by atoms with Crippen LogP contribution in [0.4, 0.5) is 0 Å². The van der Waals surface area contributed by atoms with Crippen LogP contribution in [0.2, 0.25) is 0 Å². The van der Waals surface area contributed by atoms with Crippen molar-refractivity contribution in [1.29, 1.82) is 0 Å². The zero-order valence-corrected chi connectivity index (χ0v) is 11.5. The van der Waals surface area contributed by atoms with Gasteiger partial charge in [0.2, 0.25) is 0 Å². The van der Waals surface area contributed by atoms with Crippen molar-refractivity contribution in [2.24, 2.45) is 0 Å². The van der Waals surface area contributed by atoms with Crippen molar-refractivity contribution in [1.82, 2.24) is 4.98 Å². The summed E-state index contributed by atoms with van der Waals surface area (Å²) in [5.74, 6) is 2.21. The smallest absolute Gasteiger partial charge is 0.145 e. The van der Waals surface area contributed by atoms with Gasteiger partial charge >= 0.3 is 0 Å². The molecule has 1 aromatic heterocycles. The Hall–Kier alpha value is -2.81. The Labute approximate surface area is 123 Å². The molecular weight excluding hydrogens is 262 g/mol. The van der Waals surface area contributed by atoms with Crippen LogP contribution >= 0.6 is 0 Å². The van der Waals surface area contributed by atoms with E-state index in [-0.39, 0.29) is 0 Å². The maximum absolute atomic E-state index is 5.77. The standard InChI is InChI=1S/C18H15NO2/c1-2-6-15(7-3-1)14-20-16-8-4-9-17(12-16)21-18-10-5-11-19-13-18/h1-13H,14H2. The van der Waals surface area contributed by atoms with Crippen LogP contribution in [-0.4, -0.2) is 4.98 Å². The lowest BCUT2D eigenvalue weighted by molar-refractivity contribution is 0.304. The fourth-order valence-electron chi connectivity index (χ4n) is 1.91. The molecule has 0 N–H and O–H groups in total. The summed E-state index contributed by atoms with van der Waals surface area (Å²) in [7, 11) is 0. The molecule has 3 rings (SSSR count). The van der Waals surface area contributed by atoms with Gasteiger partial charge in [0, 0.05) is 12.3 Å². The normalized spacial score (nSPS) is 10.1. The van der Waals surface area contributed by atoms with Gasteiger partial charge in [0.15, 0.2) is 0 Å². The average Bonchev–Trinajstić information content (AvgIpc) is 2.55. The van der Waals surface area contributed by atoms with Crippen molar-refractivity contribution in [2.45, 2.75) is 6.61 Å². The molecule has 104 valence electrons. The van der Waals surface area contributed by atoms with Crippen LogP contribution < -0.4 is 9.47 Å². The Morgan fingerprint density at radius 1 is 0.762 bits per heavy atom. The second-order valence-corrected chi connectivity index (χ2v) is 4.54. The highest BCUT2D eigenvalue weighted by Crippen LogP contribution is 2.25. The second-order valence-electron chi connectivity index (χ2n) is 4.54. The molecule has 0 spiro atoms. The molecule has 2 aromatic carbocycles. The maximum Gasteiger partial charge on any atom is 0.145 e. The summed E-state index contributed by atoms with van der Waals surface area (Å²) in [5.41, 5.74) is 1.14. The molecular formula is C18H15NO2. The predicted molar refractivity (Wildman–Crippen MR) is 81.5 cm³/mol. The van der Waals surface area contributed by atoms with Gasteiger partial charge in [-0.05, 0) is 29.8 Å². The molecule has 0 aliphatic carbocycles. The van der Waals surface area contributed by atoms with Gasteiger partial charge in [0.25, 0.3) is 0 Å². The van der Waals surface area contributed by atoms with Crippen molar-refractivity contribution in [3.05, 3.63) is 84.7 Å². The van der Waals surface area contributed by atoms with Crippen LogP contribution in [0.3, 0.4) is 0 Å². The molecule has 0 fully saturated rings. The van der Waals surface area contributed by atoms with Gasteiger partial charge in [-0.15, -0.1) is 0 Å². The van der Waals surface area contributed by atoms with Crippen molar-refractivity contribution in [3.63, 3.8) is 0 Å².